The number of benzene rings is 1. The molecule has 1 atom stereocenters. The molecular weight excluding hydrogens is 551 g/mol. The van der Waals surface area contributed by atoms with Crippen LogP contribution in [0, 0.1) is 12.7 Å². The number of ether oxygens (including phenoxy) is 2. The standard InChI is InChI=1S/C29H35FN4O6S/c1-15(2)32-27(36)29(6,7)34-25(35)22-17(5)23(24-31-11-12-39-24)41-26(22)33(28(34)37)14-21(40-16(3)4)19-13-18(30)9-10-20(19)38-8/h9-13,15-16,21H,14H2,1-8H3,(H,32,36)/t21-/m0/s1. The maximum absolute atomic E-state index is 14.4. The molecule has 0 spiro atoms. The number of oxazole rings is 1. The molecule has 1 N–H and O–H groups in total. The van der Waals surface area contributed by atoms with Crippen LogP contribution in [0.5, 0.6) is 5.75 Å². The molecule has 0 aliphatic carbocycles. The van der Waals surface area contributed by atoms with Crippen LogP contribution >= 0.6 is 11.3 Å². The molecule has 0 radical (unpaired) electrons. The van der Waals surface area contributed by atoms with Crippen molar-refractivity contribution in [3.8, 4) is 16.5 Å². The minimum atomic E-state index is -1.54. The first-order chi connectivity index (χ1) is 19.3. The van der Waals surface area contributed by atoms with Gasteiger partial charge in [-0.05, 0) is 72.2 Å². The smallest absolute Gasteiger partial charge is 0.333 e. The molecule has 4 aromatic rings. The number of halogens is 1. The van der Waals surface area contributed by atoms with Crippen LogP contribution in [0.15, 0.2) is 44.7 Å². The topological polar surface area (TPSA) is 118 Å². The van der Waals surface area contributed by atoms with Crippen molar-refractivity contribution in [1.29, 1.82) is 0 Å². The summed E-state index contributed by atoms with van der Waals surface area (Å²) in [5, 5.41) is 3.06. The molecule has 3 aromatic heterocycles. The Hall–Kier alpha value is -3.77. The highest BCUT2D eigenvalue weighted by Crippen LogP contribution is 2.37. The fourth-order valence-electron chi connectivity index (χ4n) is 4.75. The Morgan fingerprint density at radius 2 is 1.93 bits per heavy atom. The lowest BCUT2D eigenvalue weighted by atomic mass is 10.0. The maximum atomic E-state index is 14.4. The number of aryl methyl sites for hydroxylation is 1. The minimum Gasteiger partial charge on any atom is -0.496 e. The number of rotatable bonds is 10. The van der Waals surface area contributed by atoms with Crippen molar-refractivity contribution < 1.29 is 23.1 Å². The van der Waals surface area contributed by atoms with Crippen LogP contribution in [0.3, 0.4) is 0 Å². The molecule has 1 aromatic carbocycles. The zero-order valence-electron chi connectivity index (χ0n) is 24.4. The number of nitrogens with one attached hydrogen (secondary N) is 1. The molecule has 220 valence electrons. The largest absolute Gasteiger partial charge is 0.496 e. The summed E-state index contributed by atoms with van der Waals surface area (Å²) < 4.78 is 34.1. The molecule has 12 heteroatoms. The Bertz CT molecular complexity index is 1680. The molecule has 0 saturated carbocycles. The second kappa shape index (κ2) is 11.6. The van der Waals surface area contributed by atoms with Gasteiger partial charge in [0.2, 0.25) is 11.8 Å². The van der Waals surface area contributed by atoms with Gasteiger partial charge in [-0.15, -0.1) is 11.3 Å². The van der Waals surface area contributed by atoms with E-state index in [0.717, 1.165) is 4.57 Å². The molecule has 4 rings (SSSR count). The Balaban J connectivity index is 2.05. The van der Waals surface area contributed by atoms with Crippen molar-refractivity contribution >= 4 is 27.5 Å². The number of nitrogens with zero attached hydrogens (tertiary/aromatic N) is 3. The molecule has 0 fully saturated rings. The second-order valence-electron chi connectivity index (χ2n) is 10.9. The zero-order chi connectivity index (χ0) is 30.2. The van der Waals surface area contributed by atoms with Gasteiger partial charge in [0.15, 0.2) is 0 Å². The molecule has 0 bridgehead atoms. The van der Waals surface area contributed by atoms with Gasteiger partial charge in [0.25, 0.3) is 5.56 Å². The second-order valence-corrected chi connectivity index (χ2v) is 11.9. The third-order valence-electron chi connectivity index (χ3n) is 6.70. The minimum absolute atomic E-state index is 0.0968. The first-order valence-corrected chi connectivity index (χ1v) is 14.1. The van der Waals surface area contributed by atoms with Crippen molar-refractivity contribution in [2.75, 3.05) is 7.11 Å². The SMILES string of the molecule is COc1ccc(F)cc1[C@H](Cn1c(=O)n(C(C)(C)C(=O)NC(C)C)c(=O)c2c(C)c(-c3ncco3)sc21)OC(C)C. The van der Waals surface area contributed by atoms with Crippen LogP contribution in [0.4, 0.5) is 4.39 Å². The summed E-state index contributed by atoms with van der Waals surface area (Å²) in [6, 6.07) is 3.87. The van der Waals surface area contributed by atoms with E-state index in [9.17, 15) is 18.8 Å². The van der Waals surface area contributed by atoms with E-state index in [-0.39, 0.29) is 24.1 Å². The molecule has 41 heavy (non-hydrogen) atoms. The first-order valence-electron chi connectivity index (χ1n) is 13.3. The van der Waals surface area contributed by atoms with Crippen LogP contribution in [-0.2, 0) is 21.6 Å². The summed E-state index contributed by atoms with van der Waals surface area (Å²) in [4.78, 5) is 46.8. The van der Waals surface area contributed by atoms with Gasteiger partial charge in [-0.1, -0.05) is 0 Å². The Morgan fingerprint density at radius 3 is 2.51 bits per heavy atom. The number of carbonyl (C=O) groups excluding carboxylic acids is 1. The Labute approximate surface area is 240 Å². The van der Waals surface area contributed by atoms with E-state index in [4.69, 9.17) is 13.9 Å². The molecule has 1 amide bonds. The van der Waals surface area contributed by atoms with E-state index in [1.54, 1.807) is 20.8 Å². The normalized spacial score (nSPS) is 12.9. The average Bonchev–Trinajstić information content (AvgIpc) is 3.53. The van der Waals surface area contributed by atoms with Crippen molar-refractivity contribution in [2.45, 2.75) is 78.8 Å². The lowest BCUT2D eigenvalue weighted by Crippen LogP contribution is -2.56. The van der Waals surface area contributed by atoms with E-state index in [1.165, 1.54) is 67.5 Å². The lowest BCUT2D eigenvalue weighted by molar-refractivity contribution is -0.129. The number of fused-ring (bicyclic) bond motifs is 1. The van der Waals surface area contributed by atoms with Crippen molar-refractivity contribution in [3.05, 3.63) is 68.4 Å². The van der Waals surface area contributed by atoms with E-state index in [0.29, 0.717) is 32.5 Å². The lowest BCUT2D eigenvalue weighted by Gasteiger charge is -2.29. The summed E-state index contributed by atoms with van der Waals surface area (Å²) in [6.45, 7) is 11.9. The number of amides is 1. The number of hydrogen-bond acceptors (Lipinski definition) is 8. The van der Waals surface area contributed by atoms with Crippen molar-refractivity contribution in [2.24, 2.45) is 0 Å². The number of aromatic nitrogens is 3. The van der Waals surface area contributed by atoms with Gasteiger partial charge in [0.1, 0.15) is 34.3 Å². The van der Waals surface area contributed by atoms with Gasteiger partial charge >= 0.3 is 5.69 Å². The van der Waals surface area contributed by atoms with Gasteiger partial charge < -0.3 is 19.2 Å². The number of carbonyl (C=O) groups is 1. The van der Waals surface area contributed by atoms with Gasteiger partial charge in [-0.25, -0.2) is 18.7 Å². The summed E-state index contributed by atoms with van der Waals surface area (Å²) in [7, 11) is 1.47. The number of methoxy groups -OCH3 is 1. The fraction of sp³-hybridized carbons (Fsp3) is 0.448. The van der Waals surface area contributed by atoms with Gasteiger partial charge in [-0.2, -0.15) is 0 Å². The third kappa shape index (κ3) is 5.71. The van der Waals surface area contributed by atoms with E-state index in [1.807, 2.05) is 13.8 Å². The molecule has 0 aliphatic heterocycles. The molecule has 0 aliphatic rings. The Kier molecular flexibility index (Phi) is 8.55. The van der Waals surface area contributed by atoms with Crippen LogP contribution in [0.2, 0.25) is 0 Å². The molecule has 0 unspecified atom stereocenters. The molecule has 0 saturated heterocycles. The quantitative estimate of drug-likeness (QED) is 0.285. The summed E-state index contributed by atoms with van der Waals surface area (Å²) in [6.07, 6.45) is 1.78. The predicted octanol–water partition coefficient (Wildman–Crippen LogP) is 4.76. The van der Waals surface area contributed by atoms with Gasteiger partial charge in [0.05, 0.1) is 36.2 Å². The van der Waals surface area contributed by atoms with Gasteiger partial charge in [-0.3, -0.25) is 14.2 Å². The van der Waals surface area contributed by atoms with E-state index >= 15 is 0 Å². The van der Waals surface area contributed by atoms with Crippen LogP contribution < -0.4 is 21.3 Å². The van der Waals surface area contributed by atoms with Crippen LogP contribution in [-0.4, -0.2) is 39.3 Å². The summed E-state index contributed by atoms with van der Waals surface area (Å²) in [5.41, 5.74) is -1.90. The van der Waals surface area contributed by atoms with Crippen molar-refractivity contribution in [1.82, 2.24) is 19.4 Å². The number of hydrogen-bond donors (Lipinski definition) is 1. The van der Waals surface area contributed by atoms with E-state index in [2.05, 4.69) is 10.3 Å². The van der Waals surface area contributed by atoms with Crippen LogP contribution in [0.1, 0.15) is 58.8 Å². The van der Waals surface area contributed by atoms with Crippen LogP contribution in [0.25, 0.3) is 21.0 Å². The monoisotopic (exact) mass is 586 g/mol. The highest BCUT2D eigenvalue weighted by Gasteiger charge is 2.36. The molecule has 3 heterocycles. The molecule has 10 nitrogen and oxygen atoms in total. The highest BCUT2D eigenvalue weighted by atomic mass is 32.1. The van der Waals surface area contributed by atoms with E-state index < -0.39 is 34.6 Å². The predicted molar refractivity (Wildman–Crippen MR) is 155 cm³/mol. The van der Waals surface area contributed by atoms with Gasteiger partial charge in [0, 0.05) is 11.6 Å². The molecular formula is C29H35FN4O6S. The summed E-state index contributed by atoms with van der Waals surface area (Å²) >= 11 is 1.18. The number of thiophene rings is 1. The van der Waals surface area contributed by atoms with Crippen molar-refractivity contribution in [3.63, 3.8) is 0 Å². The fourth-order valence-corrected chi connectivity index (χ4v) is 5.99. The maximum Gasteiger partial charge on any atom is 0.333 e. The average molecular weight is 587 g/mol. The first kappa shape index (κ1) is 30.2. The highest BCUT2D eigenvalue weighted by molar-refractivity contribution is 7.22. The summed E-state index contributed by atoms with van der Waals surface area (Å²) in [5.74, 6) is -0.299. The third-order valence-corrected chi connectivity index (χ3v) is 8.00. The zero-order valence-corrected chi connectivity index (χ0v) is 25.2. The Morgan fingerprint density at radius 1 is 1.22 bits per heavy atom.